The number of hydrogen-bond donors (Lipinski definition) is 2. The van der Waals surface area contributed by atoms with Crippen molar-refractivity contribution in [3.05, 3.63) is 59.5 Å². The highest BCUT2D eigenvalue weighted by molar-refractivity contribution is 6.04. The first-order valence-corrected chi connectivity index (χ1v) is 8.77. The van der Waals surface area contributed by atoms with Crippen molar-refractivity contribution in [1.29, 1.82) is 0 Å². The van der Waals surface area contributed by atoms with Gasteiger partial charge in [-0.15, -0.1) is 0 Å². The van der Waals surface area contributed by atoms with E-state index >= 15 is 0 Å². The summed E-state index contributed by atoms with van der Waals surface area (Å²) in [6.45, 7) is 4.02. The van der Waals surface area contributed by atoms with Crippen molar-refractivity contribution in [2.45, 2.75) is 25.2 Å². The standard InChI is InChI=1S/C20H21FN4O/c1-20(8-3-9-23-12-20)14-6-7-17(16(21)10-14)25-11-13-4-2-5-15(19(22)26)18(13)24-25/h2,4-7,10-11,23H,3,8-9,12H2,1H3,(H2,22,26)/t20-/m0/s1. The van der Waals surface area contributed by atoms with Gasteiger partial charge in [0.05, 0.1) is 5.56 Å². The van der Waals surface area contributed by atoms with Gasteiger partial charge in [0, 0.05) is 23.5 Å². The number of primary amides is 1. The topological polar surface area (TPSA) is 72.9 Å². The Labute approximate surface area is 151 Å². The van der Waals surface area contributed by atoms with Gasteiger partial charge in [0.1, 0.15) is 17.0 Å². The van der Waals surface area contributed by atoms with Crippen LogP contribution in [0.3, 0.4) is 0 Å². The molecule has 5 nitrogen and oxygen atoms in total. The molecule has 1 atom stereocenters. The van der Waals surface area contributed by atoms with Gasteiger partial charge in [-0.05, 0) is 43.1 Å². The third-order valence-electron chi connectivity index (χ3n) is 5.29. The van der Waals surface area contributed by atoms with Gasteiger partial charge in [-0.25, -0.2) is 9.07 Å². The van der Waals surface area contributed by atoms with E-state index in [2.05, 4.69) is 17.3 Å². The van der Waals surface area contributed by atoms with Gasteiger partial charge < -0.3 is 11.1 Å². The van der Waals surface area contributed by atoms with Gasteiger partial charge in [-0.3, -0.25) is 4.79 Å². The Morgan fingerprint density at radius 2 is 2.19 bits per heavy atom. The molecule has 3 N–H and O–H groups in total. The van der Waals surface area contributed by atoms with E-state index in [0.717, 1.165) is 36.9 Å². The van der Waals surface area contributed by atoms with Crippen LogP contribution in [-0.4, -0.2) is 28.8 Å². The van der Waals surface area contributed by atoms with Crippen LogP contribution in [-0.2, 0) is 5.41 Å². The molecule has 2 heterocycles. The fourth-order valence-electron chi connectivity index (χ4n) is 3.74. The monoisotopic (exact) mass is 352 g/mol. The number of nitrogens with zero attached hydrogens (tertiary/aromatic N) is 2. The number of aromatic nitrogens is 2. The van der Waals surface area contributed by atoms with Gasteiger partial charge >= 0.3 is 0 Å². The van der Waals surface area contributed by atoms with E-state index in [-0.39, 0.29) is 11.2 Å². The first kappa shape index (κ1) is 16.7. The number of carbonyl (C=O) groups excluding carboxylic acids is 1. The zero-order valence-electron chi connectivity index (χ0n) is 14.6. The third kappa shape index (κ3) is 2.76. The molecule has 1 aliphatic rings. The van der Waals surface area contributed by atoms with Crippen molar-refractivity contribution >= 4 is 16.8 Å². The first-order valence-electron chi connectivity index (χ1n) is 8.77. The number of halogens is 1. The van der Waals surface area contributed by atoms with Crippen LogP contribution >= 0.6 is 0 Å². The van der Waals surface area contributed by atoms with Crippen molar-refractivity contribution in [3.63, 3.8) is 0 Å². The minimum absolute atomic E-state index is 0.0639. The second kappa shape index (κ2) is 6.21. The lowest BCUT2D eigenvalue weighted by atomic mass is 9.76. The predicted molar refractivity (Wildman–Crippen MR) is 99.0 cm³/mol. The summed E-state index contributed by atoms with van der Waals surface area (Å²) in [5, 5.41) is 8.52. The number of amides is 1. The van der Waals surface area contributed by atoms with Crippen LogP contribution in [0.5, 0.6) is 0 Å². The van der Waals surface area contributed by atoms with E-state index in [4.69, 9.17) is 5.73 Å². The largest absolute Gasteiger partial charge is 0.366 e. The number of hydrogen-bond acceptors (Lipinski definition) is 3. The molecule has 0 aliphatic carbocycles. The van der Waals surface area contributed by atoms with Crippen molar-refractivity contribution in [2.75, 3.05) is 13.1 Å². The van der Waals surface area contributed by atoms with Crippen LogP contribution in [0.15, 0.2) is 42.6 Å². The van der Waals surface area contributed by atoms with Crippen molar-refractivity contribution < 1.29 is 9.18 Å². The van der Waals surface area contributed by atoms with Gasteiger partial charge in [-0.2, -0.15) is 5.10 Å². The Bertz CT molecular complexity index is 989. The SMILES string of the molecule is C[C@]1(c2ccc(-n3cc4cccc(C(N)=O)c4n3)c(F)c2)CCCNC1. The molecule has 6 heteroatoms. The molecule has 0 unspecified atom stereocenters. The summed E-state index contributed by atoms with van der Waals surface area (Å²) in [6, 6.07) is 10.5. The second-order valence-electron chi connectivity index (χ2n) is 7.19. The van der Waals surface area contributed by atoms with Crippen molar-refractivity contribution in [2.24, 2.45) is 5.73 Å². The maximum absolute atomic E-state index is 14.9. The van der Waals surface area contributed by atoms with Crippen LogP contribution in [0.2, 0.25) is 0 Å². The van der Waals surface area contributed by atoms with Crippen LogP contribution in [0.4, 0.5) is 4.39 Å². The van der Waals surface area contributed by atoms with Crippen molar-refractivity contribution in [1.82, 2.24) is 15.1 Å². The highest BCUT2D eigenvalue weighted by Crippen LogP contribution is 2.32. The fraction of sp³-hybridized carbons (Fsp3) is 0.300. The number of nitrogens with one attached hydrogen (secondary N) is 1. The average Bonchev–Trinajstić information content (AvgIpc) is 3.05. The highest BCUT2D eigenvalue weighted by Gasteiger charge is 2.29. The maximum atomic E-state index is 14.9. The van der Waals surface area contributed by atoms with Gasteiger partial charge in [-0.1, -0.05) is 25.1 Å². The summed E-state index contributed by atoms with van der Waals surface area (Å²) in [6.07, 6.45) is 3.83. The van der Waals surface area contributed by atoms with E-state index < -0.39 is 5.91 Å². The lowest BCUT2D eigenvalue weighted by Gasteiger charge is -2.34. The molecule has 4 rings (SSSR count). The Morgan fingerprint density at radius 3 is 2.88 bits per heavy atom. The van der Waals surface area contributed by atoms with E-state index in [0.29, 0.717) is 16.8 Å². The summed E-state index contributed by atoms with van der Waals surface area (Å²) in [7, 11) is 0. The van der Waals surface area contributed by atoms with Gasteiger partial charge in [0.25, 0.3) is 5.91 Å². The quantitative estimate of drug-likeness (QED) is 0.761. The minimum Gasteiger partial charge on any atom is -0.366 e. The normalized spacial score (nSPS) is 20.4. The number of benzene rings is 2. The lowest BCUT2D eigenvalue weighted by molar-refractivity contribution is 0.100. The molecule has 1 fully saturated rings. The molecule has 0 saturated carbocycles. The molecule has 2 aromatic carbocycles. The molecule has 134 valence electrons. The molecule has 3 aromatic rings. The summed E-state index contributed by atoms with van der Waals surface area (Å²) in [5.74, 6) is -0.878. The molecule has 1 amide bonds. The molecular formula is C20H21FN4O. The Kier molecular flexibility index (Phi) is 4.00. The number of piperidine rings is 1. The molecule has 1 saturated heterocycles. The van der Waals surface area contributed by atoms with Crippen LogP contribution in [0.1, 0.15) is 35.7 Å². The molecule has 26 heavy (non-hydrogen) atoms. The molecule has 1 aliphatic heterocycles. The molecule has 0 bridgehead atoms. The molecule has 0 spiro atoms. The summed E-state index contributed by atoms with van der Waals surface area (Å²) >= 11 is 0. The van der Waals surface area contributed by atoms with E-state index in [1.807, 2.05) is 12.1 Å². The maximum Gasteiger partial charge on any atom is 0.250 e. The van der Waals surface area contributed by atoms with Crippen LogP contribution < -0.4 is 11.1 Å². The summed E-state index contributed by atoms with van der Waals surface area (Å²) in [4.78, 5) is 11.6. The zero-order valence-corrected chi connectivity index (χ0v) is 14.6. The van der Waals surface area contributed by atoms with Crippen LogP contribution in [0.25, 0.3) is 16.6 Å². The zero-order chi connectivity index (χ0) is 18.3. The summed E-state index contributed by atoms with van der Waals surface area (Å²) < 4.78 is 16.3. The number of nitrogens with two attached hydrogens (primary N) is 1. The Morgan fingerprint density at radius 1 is 1.35 bits per heavy atom. The number of carbonyl (C=O) groups is 1. The minimum atomic E-state index is -0.547. The summed E-state index contributed by atoms with van der Waals surface area (Å²) in [5.41, 5.74) is 7.49. The average molecular weight is 352 g/mol. The van der Waals surface area contributed by atoms with E-state index in [1.165, 1.54) is 4.68 Å². The van der Waals surface area contributed by atoms with Crippen LogP contribution in [0, 0.1) is 5.82 Å². The molecule has 0 radical (unpaired) electrons. The van der Waals surface area contributed by atoms with Gasteiger partial charge in [0.15, 0.2) is 0 Å². The fourth-order valence-corrected chi connectivity index (χ4v) is 3.74. The highest BCUT2D eigenvalue weighted by atomic mass is 19.1. The lowest BCUT2D eigenvalue weighted by Crippen LogP contribution is -2.41. The number of rotatable bonds is 3. The second-order valence-corrected chi connectivity index (χ2v) is 7.19. The van der Waals surface area contributed by atoms with E-state index in [1.54, 1.807) is 30.5 Å². The molecular weight excluding hydrogens is 331 g/mol. The Balaban J connectivity index is 1.76. The predicted octanol–water partition coefficient (Wildman–Crippen LogP) is 2.90. The number of fused-ring (bicyclic) bond motifs is 1. The Hall–Kier alpha value is -2.73. The van der Waals surface area contributed by atoms with E-state index in [9.17, 15) is 9.18 Å². The van der Waals surface area contributed by atoms with Crippen molar-refractivity contribution in [3.8, 4) is 5.69 Å². The first-order chi connectivity index (χ1) is 12.5. The molecule has 1 aromatic heterocycles. The van der Waals surface area contributed by atoms with Gasteiger partial charge in [0.2, 0.25) is 0 Å². The third-order valence-corrected chi connectivity index (χ3v) is 5.29. The smallest absolute Gasteiger partial charge is 0.250 e.